The number of carbonyl (C=O) groups is 1. The highest BCUT2D eigenvalue weighted by Crippen LogP contribution is 2.36. The minimum atomic E-state index is -0.415. The monoisotopic (exact) mass is 380 g/mol. The van der Waals surface area contributed by atoms with E-state index in [1.165, 1.54) is 11.1 Å². The number of fused-ring (bicyclic) bond motifs is 1. The molecule has 1 atom stereocenters. The summed E-state index contributed by atoms with van der Waals surface area (Å²) in [6, 6.07) is 14.0. The van der Waals surface area contributed by atoms with E-state index in [1.807, 2.05) is 24.3 Å². The van der Waals surface area contributed by atoms with Crippen LogP contribution in [0.5, 0.6) is 0 Å². The number of carbonyl (C=O) groups excluding carboxylic acids is 1. The predicted octanol–water partition coefficient (Wildman–Crippen LogP) is 4.91. The van der Waals surface area contributed by atoms with E-state index in [4.69, 9.17) is 16.3 Å². The number of hydrogen-bond acceptors (Lipinski definition) is 3. The maximum atomic E-state index is 11.8. The zero-order chi connectivity index (χ0) is 17.1. The average Bonchev–Trinajstić information content (AvgIpc) is 2.56. The molecular weight excluding hydrogens is 359 g/mol. The van der Waals surface area contributed by atoms with Gasteiger partial charge in [-0.15, -0.1) is 12.4 Å². The minimum absolute atomic E-state index is 0. The van der Waals surface area contributed by atoms with E-state index in [1.54, 1.807) is 6.92 Å². The molecule has 1 amide bonds. The van der Waals surface area contributed by atoms with Gasteiger partial charge >= 0.3 is 6.09 Å². The topological polar surface area (TPSA) is 41.6 Å². The van der Waals surface area contributed by atoms with Gasteiger partial charge in [0, 0.05) is 29.7 Å². The Morgan fingerprint density at radius 1 is 1.28 bits per heavy atom. The average molecular weight is 381 g/mol. The molecule has 0 saturated heterocycles. The van der Waals surface area contributed by atoms with Crippen molar-refractivity contribution >= 4 is 35.8 Å². The van der Waals surface area contributed by atoms with Gasteiger partial charge in [0.1, 0.15) is 0 Å². The van der Waals surface area contributed by atoms with Gasteiger partial charge in [-0.25, -0.2) is 4.79 Å². The molecule has 6 heteroatoms. The van der Waals surface area contributed by atoms with E-state index >= 15 is 0 Å². The van der Waals surface area contributed by atoms with Gasteiger partial charge in [-0.2, -0.15) is 0 Å². The van der Waals surface area contributed by atoms with E-state index in [2.05, 4.69) is 35.5 Å². The number of amides is 1. The standard InChI is InChI=1S/C19H21ClN2O2.ClH/c1-3-24-19(23)21-18-6-4-5-15-16(11-22(2)12-17(15)18)13-7-9-14(20)10-8-13;/h4-10,16H,3,11-12H2,1-2H3,(H,21,23);1H. The fourth-order valence-corrected chi connectivity index (χ4v) is 3.35. The molecule has 4 nitrogen and oxygen atoms in total. The number of halogens is 2. The Labute approximate surface area is 159 Å². The zero-order valence-electron chi connectivity index (χ0n) is 14.3. The van der Waals surface area contributed by atoms with Crippen LogP contribution in [0.15, 0.2) is 42.5 Å². The van der Waals surface area contributed by atoms with Crippen LogP contribution in [0.2, 0.25) is 5.02 Å². The molecule has 1 N–H and O–H groups in total. The Morgan fingerprint density at radius 3 is 2.68 bits per heavy atom. The SMILES string of the molecule is CCOC(=O)Nc1cccc2c1CN(C)CC2c1ccc(Cl)cc1.Cl. The van der Waals surface area contributed by atoms with Crippen molar-refractivity contribution in [3.8, 4) is 0 Å². The summed E-state index contributed by atoms with van der Waals surface area (Å²) in [7, 11) is 2.09. The molecule has 0 aromatic heterocycles. The number of nitrogens with zero attached hydrogens (tertiary/aromatic N) is 1. The van der Waals surface area contributed by atoms with Crippen molar-refractivity contribution in [2.24, 2.45) is 0 Å². The maximum absolute atomic E-state index is 11.8. The molecule has 1 aliphatic rings. The lowest BCUT2D eigenvalue weighted by molar-refractivity contribution is 0.168. The van der Waals surface area contributed by atoms with E-state index < -0.39 is 6.09 Å². The molecule has 0 fully saturated rings. The van der Waals surface area contributed by atoms with Crippen LogP contribution >= 0.6 is 24.0 Å². The number of ether oxygens (including phenoxy) is 1. The van der Waals surface area contributed by atoms with Gasteiger partial charge in [-0.1, -0.05) is 35.9 Å². The molecular formula is C19H22Cl2N2O2. The lowest BCUT2D eigenvalue weighted by Gasteiger charge is -2.34. The third-order valence-corrected chi connectivity index (χ3v) is 4.55. The third kappa shape index (κ3) is 4.46. The normalized spacial score (nSPS) is 16.5. The molecule has 1 unspecified atom stereocenters. The van der Waals surface area contributed by atoms with Crippen molar-refractivity contribution in [2.75, 3.05) is 25.5 Å². The molecule has 0 spiro atoms. The first-order valence-corrected chi connectivity index (χ1v) is 8.46. The Kier molecular flexibility index (Phi) is 6.71. The van der Waals surface area contributed by atoms with Crippen molar-refractivity contribution < 1.29 is 9.53 Å². The van der Waals surface area contributed by atoms with Crippen molar-refractivity contribution in [3.63, 3.8) is 0 Å². The summed E-state index contributed by atoms with van der Waals surface area (Å²) in [5.41, 5.74) is 4.42. The molecule has 2 aromatic carbocycles. The van der Waals surface area contributed by atoms with Gasteiger partial charge in [0.2, 0.25) is 0 Å². The summed E-state index contributed by atoms with van der Waals surface area (Å²) in [5.74, 6) is 0.250. The highest BCUT2D eigenvalue weighted by Gasteiger charge is 2.27. The molecule has 0 radical (unpaired) electrons. The van der Waals surface area contributed by atoms with Gasteiger partial charge in [0.05, 0.1) is 6.61 Å². The first-order chi connectivity index (χ1) is 11.6. The van der Waals surface area contributed by atoms with Crippen molar-refractivity contribution in [1.29, 1.82) is 0 Å². The summed E-state index contributed by atoms with van der Waals surface area (Å²) in [5, 5.41) is 3.60. The number of anilines is 1. The van der Waals surface area contributed by atoms with Crippen LogP contribution in [0.4, 0.5) is 10.5 Å². The summed E-state index contributed by atoms with van der Waals surface area (Å²) < 4.78 is 5.01. The van der Waals surface area contributed by atoms with Crippen molar-refractivity contribution in [3.05, 3.63) is 64.2 Å². The van der Waals surface area contributed by atoms with E-state index in [0.29, 0.717) is 6.61 Å². The molecule has 1 aliphatic heterocycles. The Morgan fingerprint density at radius 2 is 2.00 bits per heavy atom. The molecule has 1 heterocycles. The summed E-state index contributed by atoms with van der Waals surface area (Å²) in [4.78, 5) is 14.1. The van der Waals surface area contributed by atoms with Gasteiger partial charge < -0.3 is 9.64 Å². The predicted molar refractivity (Wildman–Crippen MR) is 104 cm³/mol. The first kappa shape index (κ1) is 19.6. The van der Waals surface area contributed by atoms with Gasteiger partial charge in [0.25, 0.3) is 0 Å². The fourth-order valence-electron chi connectivity index (χ4n) is 3.23. The highest BCUT2D eigenvalue weighted by atomic mass is 35.5. The van der Waals surface area contributed by atoms with Crippen LogP contribution in [-0.4, -0.2) is 31.2 Å². The smallest absolute Gasteiger partial charge is 0.411 e. The maximum Gasteiger partial charge on any atom is 0.411 e. The van der Waals surface area contributed by atoms with Crippen LogP contribution in [0.3, 0.4) is 0 Å². The fraction of sp³-hybridized carbons (Fsp3) is 0.316. The van der Waals surface area contributed by atoms with E-state index in [-0.39, 0.29) is 18.3 Å². The summed E-state index contributed by atoms with van der Waals surface area (Å²) in [6.07, 6.45) is -0.415. The molecule has 0 saturated carbocycles. The number of hydrogen-bond donors (Lipinski definition) is 1. The van der Waals surface area contributed by atoms with Crippen molar-refractivity contribution in [2.45, 2.75) is 19.4 Å². The Hall–Kier alpha value is -1.75. The molecule has 134 valence electrons. The van der Waals surface area contributed by atoms with Crippen LogP contribution in [0.25, 0.3) is 0 Å². The van der Waals surface area contributed by atoms with Gasteiger partial charge in [0.15, 0.2) is 0 Å². The number of likely N-dealkylation sites (N-methyl/N-ethyl adjacent to an activating group) is 1. The minimum Gasteiger partial charge on any atom is -0.450 e. The van der Waals surface area contributed by atoms with Gasteiger partial charge in [-0.3, -0.25) is 5.32 Å². The summed E-state index contributed by atoms with van der Waals surface area (Å²) >= 11 is 6.02. The Bertz CT molecular complexity index is 735. The number of rotatable bonds is 3. The van der Waals surface area contributed by atoms with Crippen LogP contribution in [-0.2, 0) is 11.3 Å². The molecule has 25 heavy (non-hydrogen) atoms. The Balaban J connectivity index is 0.00000225. The molecule has 0 bridgehead atoms. The second-order valence-corrected chi connectivity index (χ2v) is 6.46. The van der Waals surface area contributed by atoms with E-state index in [9.17, 15) is 4.79 Å². The number of nitrogens with one attached hydrogen (secondary N) is 1. The molecule has 3 rings (SSSR count). The highest BCUT2D eigenvalue weighted by molar-refractivity contribution is 6.30. The number of benzene rings is 2. The molecule has 2 aromatic rings. The van der Waals surface area contributed by atoms with Crippen molar-refractivity contribution in [1.82, 2.24) is 4.90 Å². The second kappa shape index (κ2) is 8.56. The largest absolute Gasteiger partial charge is 0.450 e. The van der Waals surface area contributed by atoms with Crippen LogP contribution in [0.1, 0.15) is 29.5 Å². The lowest BCUT2D eigenvalue weighted by Crippen LogP contribution is -2.32. The third-order valence-electron chi connectivity index (χ3n) is 4.29. The second-order valence-electron chi connectivity index (χ2n) is 6.02. The lowest BCUT2D eigenvalue weighted by atomic mass is 9.84. The van der Waals surface area contributed by atoms with Crippen LogP contribution in [0, 0.1) is 0 Å². The molecule has 0 aliphatic carbocycles. The van der Waals surface area contributed by atoms with Gasteiger partial charge in [-0.05, 0) is 48.9 Å². The van der Waals surface area contributed by atoms with E-state index in [0.717, 1.165) is 29.4 Å². The first-order valence-electron chi connectivity index (χ1n) is 8.08. The van der Waals surface area contributed by atoms with Crippen LogP contribution < -0.4 is 5.32 Å². The quantitative estimate of drug-likeness (QED) is 0.822. The zero-order valence-corrected chi connectivity index (χ0v) is 15.9. The summed E-state index contributed by atoms with van der Waals surface area (Å²) in [6.45, 7) is 3.87.